The van der Waals surface area contributed by atoms with Crippen molar-refractivity contribution in [2.75, 3.05) is 62.8 Å². The first-order valence-electron chi connectivity index (χ1n) is 14.0. The summed E-state index contributed by atoms with van der Waals surface area (Å²) in [4.78, 5) is 7.85. The van der Waals surface area contributed by atoms with Crippen molar-refractivity contribution in [2.24, 2.45) is 11.3 Å². The van der Waals surface area contributed by atoms with Crippen molar-refractivity contribution in [3.05, 3.63) is 29.8 Å². The Morgan fingerprint density at radius 2 is 1.74 bits per heavy atom. The van der Waals surface area contributed by atoms with Gasteiger partial charge in [-0.25, -0.2) is 0 Å². The molecule has 2 aliphatic heterocycles. The first-order valence-corrected chi connectivity index (χ1v) is 14.0. The SMILES string of the molecule is CCCCN1CCN(c2cc(N(C)C3CCOCC3)ccc2C2=CCC(C(C)(C)C)CC2)CC1.Cl. The molecule has 2 heterocycles. The third-order valence-corrected chi connectivity index (χ3v) is 8.65. The normalized spacial score (nSPS) is 22.5. The lowest BCUT2D eigenvalue weighted by molar-refractivity contribution is 0.0855. The zero-order chi connectivity index (χ0) is 24.1. The van der Waals surface area contributed by atoms with E-state index < -0.39 is 0 Å². The molecule has 3 aliphatic rings. The summed E-state index contributed by atoms with van der Waals surface area (Å²) in [7, 11) is 2.28. The fraction of sp³-hybridized carbons (Fsp3) is 0.733. The van der Waals surface area contributed by atoms with Crippen LogP contribution in [0.4, 0.5) is 11.4 Å². The van der Waals surface area contributed by atoms with Gasteiger partial charge in [0.1, 0.15) is 0 Å². The van der Waals surface area contributed by atoms with Gasteiger partial charge in [0, 0.05) is 69.4 Å². The molecule has 0 amide bonds. The molecule has 5 heteroatoms. The van der Waals surface area contributed by atoms with E-state index in [1.807, 2.05) is 0 Å². The number of piperazine rings is 1. The zero-order valence-corrected chi connectivity index (χ0v) is 23.8. The lowest BCUT2D eigenvalue weighted by Crippen LogP contribution is -2.47. The summed E-state index contributed by atoms with van der Waals surface area (Å²) in [6.45, 7) is 17.2. The number of anilines is 2. The second kappa shape index (κ2) is 12.8. The van der Waals surface area contributed by atoms with Crippen LogP contribution in [0.1, 0.15) is 78.2 Å². The molecule has 2 fully saturated rings. The van der Waals surface area contributed by atoms with Crippen LogP contribution in [0.2, 0.25) is 0 Å². The van der Waals surface area contributed by atoms with Gasteiger partial charge in [-0.2, -0.15) is 0 Å². The Hall–Kier alpha value is -1.23. The van der Waals surface area contributed by atoms with Crippen LogP contribution in [-0.4, -0.2) is 63.9 Å². The van der Waals surface area contributed by atoms with Gasteiger partial charge in [-0.1, -0.05) is 46.3 Å². The number of ether oxygens (including phenoxy) is 1. The Labute approximate surface area is 221 Å². The number of halogens is 1. The maximum atomic E-state index is 5.63. The van der Waals surface area contributed by atoms with E-state index in [1.54, 1.807) is 5.57 Å². The van der Waals surface area contributed by atoms with Gasteiger partial charge in [0.15, 0.2) is 0 Å². The van der Waals surface area contributed by atoms with E-state index in [2.05, 4.69) is 73.7 Å². The Morgan fingerprint density at radius 3 is 2.34 bits per heavy atom. The molecule has 0 spiro atoms. The van der Waals surface area contributed by atoms with Crippen molar-refractivity contribution in [1.82, 2.24) is 4.90 Å². The van der Waals surface area contributed by atoms with E-state index in [-0.39, 0.29) is 12.4 Å². The van der Waals surface area contributed by atoms with E-state index in [0.717, 1.165) is 45.1 Å². The Balaban J connectivity index is 0.00000342. The minimum atomic E-state index is 0. The van der Waals surface area contributed by atoms with Crippen molar-refractivity contribution in [3.63, 3.8) is 0 Å². The smallest absolute Gasteiger partial charge is 0.0485 e. The molecular weight excluding hydrogens is 454 g/mol. The maximum absolute atomic E-state index is 5.63. The quantitative estimate of drug-likeness (QED) is 0.403. The highest BCUT2D eigenvalue weighted by molar-refractivity contribution is 5.85. The number of allylic oxidation sites excluding steroid dienone is 2. The Morgan fingerprint density at radius 1 is 1.03 bits per heavy atom. The molecule has 0 aromatic heterocycles. The predicted octanol–water partition coefficient (Wildman–Crippen LogP) is 6.88. The molecule has 0 bridgehead atoms. The minimum Gasteiger partial charge on any atom is -0.381 e. The Kier molecular flexibility index (Phi) is 10.4. The molecule has 1 unspecified atom stereocenters. The Bertz CT molecular complexity index is 819. The van der Waals surface area contributed by atoms with Gasteiger partial charge in [0.2, 0.25) is 0 Å². The summed E-state index contributed by atoms with van der Waals surface area (Å²) >= 11 is 0. The van der Waals surface area contributed by atoms with E-state index >= 15 is 0 Å². The molecule has 1 aromatic carbocycles. The number of hydrogen-bond donors (Lipinski definition) is 0. The minimum absolute atomic E-state index is 0. The number of unbranched alkanes of at least 4 members (excludes halogenated alkanes) is 1. The zero-order valence-electron chi connectivity index (χ0n) is 23.0. The van der Waals surface area contributed by atoms with Crippen LogP contribution in [0.3, 0.4) is 0 Å². The highest BCUT2D eigenvalue weighted by Crippen LogP contribution is 2.42. The van der Waals surface area contributed by atoms with Gasteiger partial charge in [-0.05, 0) is 74.1 Å². The molecule has 0 radical (unpaired) electrons. The van der Waals surface area contributed by atoms with Gasteiger partial charge in [-0.3, -0.25) is 4.90 Å². The average molecular weight is 504 g/mol. The van der Waals surface area contributed by atoms with Crippen LogP contribution in [0, 0.1) is 11.3 Å². The van der Waals surface area contributed by atoms with Crippen molar-refractivity contribution in [3.8, 4) is 0 Å². The van der Waals surface area contributed by atoms with Gasteiger partial charge in [0.25, 0.3) is 0 Å². The summed E-state index contributed by atoms with van der Waals surface area (Å²) in [5, 5.41) is 0. The third kappa shape index (κ3) is 7.17. The van der Waals surface area contributed by atoms with E-state index in [9.17, 15) is 0 Å². The summed E-state index contributed by atoms with van der Waals surface area (Å²) < 4.78 is 5.63. The summed E-state index contributed by atoms with van der Waals surface area (Å²) in [6.07, 6.45) is 11.2. The lowest BCUT2D eigenvalue weighted by atomic mass is 9.72. The van der Waals surface area contributed by atoms with Crippen molar-refractivity contribution < 1.29 is 4.74 Å². The molecule has 1 atom stereocenters. The molecule has 198 valence electrons. The fourth-order valence-electron chi connectivity index (χ4n) is 6.02. The molecule has 0 N–H and O–H groups in total. The van der Waals surface area contributed by atoms with Gasteiger partial charge >= 0.3 is 0 Å². The maximum Gasteiger partial charge on any atom is 0.0485 e. The molecular formula is C30H50ClN3O. The number of nitrogens with zero attached hydrogens (tertiary/aromatic N) is 3. The molecule has 0 saturated carbocycles. The van der Waals surface area contributed by atoms with Crippen LogP contribution < -0.4 is 9.80 Å². The molecule has 2 saturated heterocycles. The van der Waals surface area contributed by atoms with E-state index in [0.29, 0.717) is 11.5 Å². The van der Waals surface area contributed by atoms with Crippen LogP contribution in [0.25, 0.3) is 5.57 Å². The fourth-order valence-corrected chi connectivity index (χ4v) is 6.02. The molecule has 4 rings (SSSR count). The molecule has 4 nitrogen and oxygen atoms in total. The van der Waals surface area contributed by atoms with Crippen LogP contribution in [0.5, 0.6) is 0 Å². The average Bonchev–Trinajstić information content (AvgIpc) is 2.87. The van der Waals surface area contributed by atoms with Crippen molar-refractivity contribution in [1.29, 1.82) is 0 Å². The first kappa shape index (κ1) is 28.3. The second-order valence-electron chi connectivity index (χ2n) is 11.9. The predicted molar refractivity (Wildman–Crippen MR) is 154 cm³/mol. The lowest BCUT2D eigenvalue weighted by Gasteiger charge is -2.39. The summed E-state index contributed by atoms with van der Waals surface area (Å²) in [5.41, 5.74) is 6.29. The van der Waals surface area contributed by atoms with Crippen LogP contribution in [0.15, 0.2) is 24.3 Å². The topological polar surface area (TPSA) is 19.0 Å². The third-order valence-electron chi connectivity index (χ3n) is 8.65. The van der Waals surface area contributed by atoms with E-state index in [1.165, 1.54) is 68.7 Å². The summed E-state index contributed by atoms with van der Waals surface area (Å²) in [6, 6.07) is 7.90. The van der Waals surface area contributed by atoms with Crippen LogP contribution >= 0.6 is 12.4 Å². The number of rotatable bonds is 7. The van der Waals surface area contributed by atoms with Crippen molar-refractivity contribution >= 4 is 29.4 Å². The number of benzene rings is 1. The standard InChI is InChI=1S/C30H49N3O.ClH/c1-6-7-16-32-17-19-33(20-18-32)29-23-27(31(5)26-14-21-34-22-15-26)12-13-28(29)24-8-10-25(11-9-24)30(2,3)4;/h8,12-13,23,25-26H,6-7,9-11,14-22H2,1-5H3;1H. The van der Waals surface area contributed by atoms with E-state index in [4.69, 9.17) is 4.74 Å². The van der Waals surface area contributed by atoms with Gasteiger partial charge in [0.05, 0.1) is 0 Å². The molecule has 35 heavy (non-hydrogen) atoms. The van der Waals surface area contributed by atoms with Crippen LogP contribution in [-0.2, 0) is 4.74 Å². The highest BCUT2D eigenvalue weighted by atomic mass is 35.5. The second-order valence-corrected chi connectivity index (χ2v) is 11.9. The number of hydrogen-bond acceptors (Lipinski definition) is 4. The largest absolute Gasteiger partial charge is 0.381 e. The monoisotopic (exact) mass is 503 g/mol. The summed E-state index contributed by atoms with van der Waals surface area (Å²) in [5.74, 6) is 0.792. The van der Waals surface area contributed by atoms with Gasteiger partial charge in [-0.15, -0.1) is 12.4 Å². The first-order chi connectivity index (χ1) is 16.4. The molecule has 1 aliphatic carbocycles. The highest BCUT2D eigenvalue weighted by Gasteiger charge is 2.28. The van der Waals surface area contributed by atoms with Gasteiger partial charge < -0.3 is 14.5 Å². The van der Waals surface area contributed by atoms with Crippen molar-refractivity contribution in [2.45, 2.75) is 78.7 Å². The molecule has 1 aromatic rings.